The van der Waals surface area contributed by atoms with E-state index in [2.05, 4.69) is 9.05 Å². The van der Waals surface area contributed by atoms with Gasteiger partial charge in [0.05, 0.1) is 27.9 Å². The molecule has 0 rings (SSSR count). The fourth-order valence-electron chi connectivity index (χ4n) is 1.90. The quantitative estimate of drug-likeness (QED) is 0.555. The van der Waals surface area contributed by atoms with Crippen LogP contribution in [0.5, 0.6) is 0 Å². The highest BCUT2D eigenvalue weighted by molar-refractivity contribution is 7.43. The standard InChI is InChI=1S/C11H26O8P2/c1-8(2)6-9(18-20(12,13)14)10(7-11(3,4)5)19-21(15,16)17/h8-10H,6-7H2,1-5H3,(H2,12,13,14)(H2,15,16,17)/p-4/t9-,10-/m0/s1. The maximum absolute atomic E-state index is 10.9. The number of phosphoric ester groups is 2. The van der Waals surface area contributed by atoms with Gasteiger partial charge in [0, 0.05) is 0 Å². The Bertz CT molecular complexity index is 405. The average Bonchev–Trinajstić information content (AvgIpc) is 2.07. The number of rotatable bonds is 8. The van der Waals surface area contributed by atoms with E-state index in [0.717, 1.165) is 0 Å². The summed E-state index contributed by atoms with van der Waals surface area (Å²) in [7, 11) is -10.7. The zero-order valence-corrected chi connectivity index (χ0v) is 14.6. The van der Waals surface area contributed by atoms with Crippen LogP contribution in [0.2, 0.25) is 0 Å². The molecule has 0 heterocycles. The lowest BCUT2D eigenvalue weighted by Crippen LogP contribution is -2.39. The van der Waals surface area contributed by atoms with Crippen molar-refractivity contribution in [3.63, 3.8) is 0 Å². The van der Waals surface area contributed by atoms with E-state index in [-0.39, 0.29) is 18.8 Å². The molecule has 0 saturated carbocycles. The van der Waals surface area contributed by atoms with Crippen LogP contribution in [-0.2, 0) is 18.2 Å². The molecule has 0 N–H and O–H groups in total. The molecular formula is C11H22O8P2-4. The summed E-state index contributed by atoms with van der Waals surface area (Å²) in [4.78, 5) is 43.4. The number of hydrogen-bond acceptors (Lipinski definition) is 8. The highest BCUT2D eigenvalue weighted by Gasteiger charge is 2.30. The van der Waals surface area contributed by atoms with E-state index < -0.39 is 33.3 Å². The molecule has 0 amide bonds. The summed E-state index contributed by atoms with van der Waals surface area (Å²) in [5.74, 6) is -0.0923. The molecular weight excluding hydrogens is 322 g/mol. The normalized spacial score (nSPS) is 17.0. The van der Waals surface area contributed by atoms with Crippen LogP contribution >= 0.6 is 15.6 Å². The molecule has 0 fully saturated rings. The van der Waals surface area contributed by atoms with Crippen molar-refractivity contribution < 1.29 is 37.8 Å². The molecule has 0 spiro atoms. The van der Waals surface area contributed by atoms with Crippen LogP contribution in [0.25, 0.3) is 0 Å². The third-order valence-corrected chi connectivity index (χ3v) is 3.52. The number of phosphoric acid groups is 2. The fourth-order valence-corrected chi connectivity index (χ4v) is 2.99. The summed E-state index contributed by atoms with van der Waals surface area (Å²) in [6, 6.07) is 0. The molecule has 0 aromatic carbocycles. The predicted molar refractivity (Wildman–Crippen MR) is 68.5 cm³/mol. The van der Waals surface area contributed by atoms with Gasteiger partial charge in [-0.2, -0.15) is 0 Å². The zero-order chi connectivity index (χ0) is 17.1. The Balaban J connectivity index is 5.33. The topological polar surface area (TPSA) is 145 Å². The first-order valence-electron chi connectivity index (χ1n) is 6.50. The monoisotopic (exact) mass is 344 g/mol. The molecule has 0 aliphatic carbocycles. The largest absolute Gasteiger partial charge is 0.790 e. The van der Waals surface area contributed by atoms with E-state index in [1.807, 2.05) is 0 Å². The summed E-state index contributed by atoms with van der Waals surface area (Å²) in [6.45, 7) is 8.73. The van der Waals surface area contributed by atoms with E-state index in [9.17, 15) is 28.7 Å². The molecule has 8 nitrogen and oxygen atoms in total. The first-order chi connectivity index (χ1) is 9.09. The lowest BCUT2D eigenvalue weighted by Gasteiger charge is -2.43. The third kappa shape index (κ3) is 12.4. The second-order valence-corrected chi connectivity index (χ2v) is 8.79. The summed E-state index contributed by atoms with van der Waals surface area (Å²) in [5.41, 5.74) is -0.464. The zero-order valence-electron chi connectivity index (χ0n) is 12.8. The highest BCUT2D eigenvalue weighted by Crippen LogP contribution is 2.40. The SMILES string of the molecule is CC(C)C[C@H](OP(=O)([O-])[O-])[C@H](CC(C)(C)C)OP(=O)([O-])[O-]. The van der Waals surface area contributed by atoms with Gasteiger partial charge >= 0.3 is 0 Å². The molecule has 21 heavy (non-hydrogen) atoms. The maximum Gasteiger partial charge on any atom is 0.0897 e. The second kappa shape index (κ2) is 7.66. The minimum absolute atomic E-state index is 0.0405. The van der Waals surface area contributed by atoms with Gasteiger partial charge < -0.3 is 37.8 Å². The number of hydrogen-bond donors (Lipinski definition) is 0. The van der Waals surface area contributed by atoms with Gasteiger partial charge in [0.2, 0.25) is 0 Å². The van der Waals surface area contributed by atoms with Gasteiger partial charge in [-0.1, -0.05) is 34.6 Å². The lowest BCUT2D eigenvalue weighted by molar-refractivity contribution is -0.357. The first-order valence-corrected chi connectivity index (χ1v) is 9.42. The van der Waals surface area contributed by atoms with E-state index >= 15 is 0 Å². The van der Waals surface area contributed by atoms with E-state index in [1.54, 1.807) is 34.6 Å². The second-order valence-electron chi connectivity index (χ2n) is 6.58. The Kier molecular flexibility index (Phi) is 7.74. The molecule has 0 unspecified atom stereocenters. The van der Waals surface area contributed by atoms with Gasteiger partial charge in [-0.05, 0) is 24.2 Å². The minimum Gasteiger partial charge on any atom is -0.790 e. The summed E-state index contributed by atoms with van der Waals surface area (Å²) in [5, 5.41) is 0. The molecule has 0 saturated heterocycles. The van der Waals surface area contributed by atoms with Gasteiger partial charge in [0.1, 0.15) is 0 Å². The van der Waals surface area contributed by atoms with Gasteiger partial charge in [-0.15, -0.1) is 0 Å². The van der Waals surface area contributed by atoms with Crippen LogP contribution in [0.4, 0.5) is 0 Å². The molecule has 0 radical (unpaired) electrons. The molecule has 0 aromatic heterocycles. The van der Waals surface area contributed by atoms with Crippen molar-refractivity contribution >= 4 is 15.6 Å². The predicted octanol–water partition coefficient (Wildman–Crippen LogP) is -0.103. The lowest BCUT2D eigenvalue weighted by atomic mass is 9.86. The van der Waals surface area contributed by atoms with E-state index in [1.165, 1.54) is 0 Å². The van der Waals surface area contributed by atoms with Crippen LogP contribution in [0, 0.1) is 11.3 Å². The molecule has 128 valence electrons. The Morgan fingerprint density at radius 2 is 1.29 bits per heavy atom. The summed E-state index contributed by atoms with van der Waals surface area (Å²) >= 11 is 0. The minimum atomic E-state index is -5.34. The molecule has 0 aromatic rings. The van der Waals surface area contributed by atoms with Crippen molar-refractivity contribution in [3.8, 4) is 0 Å². The molecule has 2 atom stereocenters. The highest BCUT2D eigenvalue weighted by atomic mass is 31.2. The van der Waals surface area contributed by atoms with Crippen molar-refractivity contribution in [3.05, 3.63) is 0 Å². The van der Waals surface area contributed by atoms with Crippen LogP contribution in [0.1, 0.15) is 47.5 Å². The molecule has 0 bridgehead atoms. The van der Waals surface area contributed by atoms with Crippen LogP contribution in [0.3, 0.4) is 0 Å². The Morgan fingerprint density at radius 3 is 1.57 bits per heavy atom. The van der Waals surface area contributed by atoms with Crippen molar-refractivity contribution in [2.75, 3.05) is 0 Å². The van der Waals surface area contributed by atoms with Crippen molar-refractivity contribution in [2.24, 2.45) is 11.3 Å². The van der Waals surface area contributed by atoms with Crippen LogP contribution < -0.4 is 19.6 Å². The Morgan fingerprint density at radius 1 is 0.905 bits per heavy atom. The average molecular weight is 344 g/mol. The third-order valence-electron chi connectivity index (χ3n) is 2.46. The van der Waals surface area contributed by atoms with Crippen LogP contribution in [0.15, 0.2) is 0 Å². The van der Waals surface area contributed by atoms with Crippen molar-refractivity contribution in [1.82, 2.24) is 0 Å². The Hall–Kier alpha value is 0.220. The van der Waals surface area contributed by atoms with Gasteiger partial charge in [-0.25, -0.2) is 0 Å². The first kappa shape index (κ1) is 21.2. The molecule has 10 heteroatoms. The molecule has 0 aliphatic rings. The fraction of sp³-hybridized carbons (Fsp3) is 1.00. The Labute approximate surface area is 125 Å². The smallest absolute Gasteiger partial charge is 0.0897 e. The van der Waals surface area contributed by atoms with Crippen molar-refractivity contribution in [2.45, 2.75) is 59.7 Å². The summed E-state index contributed by atoms with van der Waals surface area (Å²) in [6.07, 6.45) is -2.54. The van der Waals surface area contributed by atoms with E-state index in [4.69, 9.17) is 0 Å². The summed E-state index contributed by atoms with van der Waals surface area (Å²) < 4.78 is 30.5. The van der Waals surface area contributed by atoms with E-state index in [0.29, 0.717) is 0 Å². The van der Waals surface area contributed by atoms with Crippen molar-refractivity contribution in [1.29, 1.82) is 0 Å². The van der Waals surface area contributed by atoms with Gasteiger partial charge in [0.25, 0.3) is 0 Å². The molecule has 0 aliphatic heterocycles. The van der Waals surface area contributed by atoms with Gasteiger partial charge in [-0.3, -0.25) is 0 Å². The van der Waals surface area contributed by atoms with Gasteiger partial charge in [0.15, 0.2) is 0 Å². The maximum atomic E-state index is 10.9. The van der Waals surface area contributed by atoms with Crippen LogP contribution in [-0.4, -0.2) is 12.2 Å².